The second kappa shape index (κ2) is 5.10. The zero-order valence-corrected chi connectivity index (χ0v) is 10.7. The van der Waals surface area contributed by atoms with Crippen molar-refractivity contribution in [3.8, 4) is 5.75 Å². The first-order valence-electron chi connectivity index (χ1n) is 5.85. The number of halogens is 1. The molecule has 0 aliphatic rings. The molecule has 0 spiro atoms. The van der Waals surface area contributed by atoms with Crippen molar-refractivity contribution in [1.29, 1.82) is 0 Å². The highest BCUT2D eigenvalue weighted by molar-refractivity contribution is 6.05. The van der Waals surface area contributed by atoms with E-state index in [9.17, 15) is 14.3 Å². The number of rotatable bonds is 2. The van der Waals surface area contributed by atoms with Gasteiger partial charge in [-0.05, 0) is 43.7 Å². The summed E-state index contributed by atoms with van der Waals surface area (Å²) >= 11 is 0. The topological polar surface area (TPSA) is 49.3 Å². The molecule has 2 N–H and O–H groups in total. The molecule has 0 saturated carbocycles. The molecule has 0 aromatic heterocycles. The van der Waals surface area contributed by atoms with Crippen molar-refractivity contribution >= 4 is 11.6 Å². The molecular weight excluding hydrogens is 245 g/mol. The van der Waals surface area contributed by atoms with E-state index < -0.39 is 11.7 Å². The minimum absolute atomic E-state index is 0.105. The maximum absolute atomic E-state index is 13.2. The van der Waals surface area contributed by atoms with Crippen LogP contribution in [0.15, 0.2) is 36.4 Å². The van der Waals surface area contributed by atoms with E-state index in [1.807, 2.05) is 0 Å². The molecule has 0 aliphatic heterocycles. The highest BCUT2D eigenvalue weighted by atomic mass is 19.1. The van der Waals surface area contributed by atoms with Gasteiger partial charge in [-0.3, -0.25) is 4.79 Å². The van der Waals surface area contributed by atoms with Crippen LogP contribution in [0.5, 0.6) is 5.75 Å². The molecule has 1 amide bonds. The first-order chi connectivity index (χ1) is 8.99. The fourth-order valence-corrected chi connectivity index (χ4v) is 1.79. The number of hydrogen-bond acceptors (Lipinski definition) is 2. The molecule has 0 atom stereocenters. The largest absolute Gasteiger partial charge is 0.508 e. The van der Waals surface area contributed by atoms with Crippen molar-refractivity contribution in [2.24, 2.45) is 0 Å². The van der Waals surface area contributed by atoms with Gasteiger partial charge < -0.3 is 10.4 Å². The summed E-state index contributed by atoms with van der Waals surface area (Å²) in [7, 11) is 0. The second-order valence-electron chi connectivity index (χ2n) is 4.36. The van der Waals surface area contributed by atoms with Gasteiger partial charge in [0.15, 0.2) is 0 Å². The number of phenols is 1. The Morgan fingerprint density at radius 1 is 1.21 bits per heavy atom. The molecule has 4 heteroatoms. The zero-order chi connectivity index (χ0) is 14.0. The van der Waals surface area contributed by atoms with Crippen LogP contribution in [-0.4, -0.2) is 11.0 Å². The van der Waals surface area contributed by atoms with Gasteiger partial charge in [0.2, 0.25) is 0 Å². The Morgan fingerprint density at radius 3 is 2.68 bits per heavy atom. The maximum atomic E-state index is 13.2. The lowest BCUT2D eigenvalue weighted by atomic mass is 10.1. The van der Waals surface area contributed by atoms with E-state index in [1.54, 1.807) is 38.1 Å². The number of aromatic hydroxyl groups is 1. The van der Waals surface area contributed by atoms with Crippen LogP contribution in [0.2, 0.25) is 0 Å². The van der Waals surface area contributed by atoms with Gasteiger partial charge in [0, 0.05) is 16.8 Å². The van der Waals surface area contributed by atoms with Crippen LogP contribution >= 0.6 is 0 Å². The average molecular weight is 259 g/mol. The van der Waals surface area contributed by atoms with Gasteiger partial charge in [-0.1, -0.05) is 12.1 Å². The number of hydrogen-bond donors (Lipinski definition) is 2. The number of amides is 1. The molecular formula is C15H14FNO2. The van der Waals surface area contributed by atoms with Crippen molar-refractivity contribution in [3.05, 3.63) is 58.9 Å². The number of aryl methyl sites for hydroxylation is 1. The number of carbonyl (C=O) groups excluding carboxylic acids is 1. The summed E-state index contributed by atoms with van der Waals surface area (Å²) in [5.41, 5.74) is 2.05. The molecule has 2 rings (SSSR count). The summed E-state index contributed by atoms with van der Waals surface area (Å²) in [4.78, 5) is 12.1. The van der Waals surface area contributed by atoms with E-state index in [-0.39, 0.29) is 11.3 Å². The molecule has 0 heterocycles. The van der Waals surface area contributed by atoms with E-state index in [1.165, 1.54) is 12.1 Å². The fraction of sp³-hybridized carbons (Fsp3) is 0.133. The number of phenolic OH excluding ortho intramolecular Hbond substituents is 1. The molecule has 98 valence electrons. The van der Waals surface area contributed by atoms with Crippen LogP contribution in [0.1, 0.15) is 21.5 Å². The van der Waals surface area contributed by atoms with Crippen molar-refractivity contribution in [3.63, 3.8) is 0 Å². The zero-order valence-electron chi connectivity index (χ0n) is 10.7. The predicted molar refractivity (Wildman–Crippen MR) is 71.9 cm³/mol. The molecule has 0 radical (unpaired) electrons. The lowest BCUT2D eigenvalue weighted by Gasteiger charge is -2.11. The van der Waals surface area contributed by atoms with E-state index in [2.05, 4.69) is 5.32 Å². The Kier molecular flexibility index (Phi) is 3.51. The summed E-state index contributed by atoms with van der Waals surface area (Å²) in [6.45, 7) is 3.44. The first kappa shape index (κ1) is 13.1. The Bertz CT molecular complexity index is 638. The van der Waals surface area contributed by atoms with Crippen LogP contribution < -0.4 is 5.32 Å². The van der Waals surface area contributed by atoms with E-state index in [0.29, 0.717) is 16.8 Å². The molecule has 19 heavy (non-hydrogen) atoms. The molecule has 0 fully saturated rings. The van der Waals surface area contributed by atoms with Crippen molar-refractivity contribution in [1.82, 2.24) is 0 Å². The third-order valence-corrected chi connectivity index (χ3v) is 3.00. The number of nitrogens with one attached hydrogen (secondary N) is 1. The minimum atomic E-state index is -0.455. The van der Waals surface area contributed by atoms with Gasteiger partial charge in [-0.15, -0.1) is 0 Å². The molecule has 0 saturated heterocycles. The molecule has 0 bridgehead atoms. The molecule has 0 aliphatic carbocycles. The minimum Gasteiger partial charge on any atom is -0.508 e. The summed E-state index contributed by atoms with van der Waals surface area (Å²) in [5, 5.41) is 12.2. The van der Waals surface area contributed by atoms with E-state index in [0.717, 1.165) is 0 Å². The van der Waals surface area contributed by atoms with Gasteiger partial charge >= 0.3 is 0 Å². The summed E-state index contributed by atoms with van der Waals surface area (Å²) in [5.74, 6) is -0.747. The third kappa shape index (κ3) is 2.73. The van der Waals surface area contributed by atoms with Crippen molar-refractivity contribution in [2.75, 3.05) is 5.32 Å². The van der Waals surface area contributed by atoms with Crippen molar-refractivity contribution in [2.45, 2.75) is 13.8 Å². The maximum Gasteiger partial charge on any atom is 0.256 e. The molecule has 0 unspecified atom stereocenters. The Labute approximate surface area is 110 Å². The van der Waals surface area contributed by atoms with Crippen LogP contribution in [0, 0.1) is 19.7 Å². The van der Waals surface area contributed by atoms with Crippen LogP contribution in [0.3, 0.4) is 0 Å². The summed E-state index contributed by atoms with van der Waals surface area (Å²) < 4.78 is 13.2. The molecule has 2 aromatic rings. The number of anilines is 1. The Morgan fingerprint density at radius 2 is 1.95 bits per heavy atom. The van der Waals surface area contributed by atoms with Crippen LogP contribution in [-0.2, 0) is 0 Å². The standard InChI is InChI=1S/C15H14FNO2/c1-9-6-7-11(16)8-12(9)15(19)17-13-4-3-5-14(18)10(13)2/h3-8,18H,1-2H3,(H,17,19). The van der Waals surface area contributed by atoms with E-state index >= 15 is 0 Å². The van der Waals surface area contributed by atoms with Gasteiger partial charge in [0.05, 0.1) is 0 Å². The van der Waals surface area contributed by atoms with Gasteiger partial charge in [0.1, 0.15) is 11.6 Å². The second-order valence-corrected chi connectivity index (χ2v) is 4.36. The third-order valence-electron chi connectivity index (χ3n) is 3.00. The lowest BCUT2D eigenvalue weighted by molar-refractivity contribution is 0.102. The molecule has 2 aromatic carbocycles. The smallest absolute Gasteiger partial charge is 0.256 e. The summed E-state index contributed by atoms with van der Waals surface area (Å²) in [6, 6.07) is 8.92. The number of benzene rings is 2. The van der Waals surface area contributed by atoms with Crippen LogP contribution in [0.4, 0.5) is 10.1 Å². The lowest BCUT2D eigenvalue weighted by Crippen LogP contribution is -2.14. The van der Waals surface area contributed by atoms with Crippen molar-refractivity contribution < 1.29 is 14.3 Å². The SMILES string of the molecule is Cc1ccc(F)cc1C(=O)Nc1cccc(O)c1C. The highest BCUT2D eigenvalue weighted by Gasteiger charge is 2.12. The fourth-order valence-electron chi connectivity index (χ4n) is 1.79. The van der Waals surface area contributed by atoms with Crippen LogP contribution in [0.25, 0.3) is 0 Å². The molecule has 3 nitrogen and oxygen atoms in total. The van der Waals surface area contributed by atoms with Gasteiger partial charge in [-0.25, -0.2) is 4.39 Å². The monoisotopic (exact) mass is 259 g/mol. The summed E-state index contributed by atoms with van der Waals surface area (Å²) in [6.07, 6.45) is 0. The van der Waals surface area contributed by atoms with Gasteiger partial charge in [0.25, 0.3) is 5.91 Å². The average Bonchev–Trinajstić information content (AvgIpc) is 2.38. The number of carbonyl (C=O) groups is 1. The Balaban J connectivity index is 2.31. The predicted octanol–water partition coefficient (Wildman–Crippen LogP) is 3.40. The first-order valence-corrected chi connectivity index (χ1v) is 5.85. The normalized spacial score (nSPS) is 10.3. The van der Waals surface area contributed by atoms with E-state index in [4.69, 9.17) is 0 Å². The Hall–Kier alpha value is -2.36. The van der Waals surface area contributed by atoms with Gasteiger partial charge in [-0.2, -0.15) is 0 Å². The highest BCUT2D eigenvalue weighted by Crippen LogP contribution is 2.24. The quantitative estimate of drug-likeness (QED) is 0.868.